The molecule has 0 radical (unpaired) electrons. The summed E-state index contributed by atoms with van der Waals surface area (Å²) < 4.78 is 7.43. The first-order valence-corrected chi connectivity index (χ1v) is 13.4. The molecular weight excluding hydrogens is 496 g/mol. The van der Waals surface area contributed by atoms with Gasteiger partial charge in [-0.2, -0.15) is 0 Å². The number of carbonyl (C=O) groups excluding carboxylic acids is 1. The molecule has 0 saturated carbocycles. The molecule has 1 saturated heterocycles. The number of aromatic nitrogens is 1. The van der Waals surface area contributed by atoms with Crippen molar-refractivity contribution >= 4 is 28.9 Å². The number of carboxylic acids is 1. The largest absolute Gasteiger partial charge is 0.504 e. The minimum Gasteiger partial charge on any atom is -0.504 e. The monoisotopic (exact) mass is 532 g/mol. The number of aromatic hydroxyl groups is 1. The summed E-state index contributed by atoms with van der Waals surface area (Å²) in [6.45, 7) is 6.36. The van der Waals surface area contributed by atoms with Crippen molar-refractivity contribution in [2.45, 2.75) is 32.0 Å². The van der Waals surface area contributed by atoms with Gasteiger partial charge in [0.1, 0.15) is 6.04 Å². The number of phenolic OH excluding ortho intramolecular Hbond substituents is 1. The quantitative estimate of drug-likeness (QED) is 0.431. The van der Waals surface area contributed by atoms with Gasteiger partial charge in [0.25, 0.3) is 0 Å². The smallest absolute Gasteiger partial charge is 0.326 e. The Labute approximate surface area is 228 Å². The summed E-state index contributed by atoms with van der Waals surface area (Å²) in [5.41, 5.74) is 3.79. The third-order valence-electron chi connectivity index (χ3n) is 7.93. The minimum absolute atomic E-state index is 0.0101. The molecule has 5 rings (SSSR count). The molecule has 0 unspecified atom stereocenters. The number of nitrogens with zero attached hydrogens (tertiary/aromatic N) is 4. The number of hydrogen-bond acceptors (Lipinski definition) is 6. The van der Waals surface area contributed by atoms with Gasteiger partial charge in [0.05, 0.1) is 13.7 Å². The topological polar surface area (TPSA) is 98.5 Å². The van der Waals surface area contributed by atoms with Crippen LogP contribution in [0.25, 0.3) is 17.0 Å². The Hall–Kier alpha value is -3.82. The van der Waals surface area contributed by atoms with Gasteiger partial charge >= 0.3 is 5.97 Å². The van der Waals surface area contributed by atoms with Crippen molar-refractivity contribution in [3.05, 3.63) is 65.4 Å². The van der Waals surface area contributed by atoms with Gasteiger partial charge in [-0.1, -0.05) is 24.3 Å². The number of benzene rings is 2. The van der Waals surface area contributed by atoms with Crippen molar-refractivity contribution in [1.82, 2.24) is 19.3 Å². The molecule has 1 aromatic heterocycles. The number of aliphatic carboxylic acids is 1. The highest BCUT2D eigenvalue weighted by Crippen LogP contribution is 2.34. The van der Waals surface area contributed by atoms with Crippen LogP contribution in [0.2, 0.25) is 0 Å². The highest BCUT2D eigenvalue weighted by Gasteiger charge is 2.36. The predicted octanol–water partition coefficient (Wildman–Crippen LogP) is 3.04. The first-order valence-electron chi connectivity index (χ1n) is 13.4. The van der Waals surface area contributed by atoms with E-state index in [1.54, 1.807) is 18.2 Å². The zero-order chi connectivity index (χ0) is 27.5. The lowest BCUT2D eigenvalue weighted by atomic mass is 9.96. The minimum atomic E-state index is -1.01. The highest BCUT2D eigenvalue weighted by molar-refractivity contribution is 5.96. The van der Waals surface area contributed by atoms with E-state index in [4.69, 9.17) is 4.74 Å². The maximum atomic E-state index is 13.4. The Morgan fingerprint density at radius 2 is 1.85 bits per heavy atom. The molecule has 1 fully saturated rings. The van der Waals surface area contributed by atoms with Gasteiger partial charge in [-0.25, -0.2) is 4.79 Å². The standard InChI is InChI=1S/C30H36N4O5/c1-31-14-16-32(17-15-31)12-5-13-33-24-7-4-3-6-22(24)23-19-25(30(37)38)34(20-26(23)33)29(36)11-9-21-8-10-27(35)28(18-21)39-2/h3-4,6-11,18,25,35H,5,12-17,19-20H2,1-2H3,(H,37,38)/b11-9-/t25-/m0/s1. The van der Waals surface area contributed by atoms with Crippen molar-refractivity contribution in [2.24, 2.45) is 0 Å². The van der Waals surface area contributed by atoms with E-state index in [-0.39, 0.29) is 24.6 Å². The van der Waals surface area contributed by atoms with Crippen LogP contribution in [0.15, 0.2) is 48.5 Å². The maximum absolute atomic E-state index is 13.4. The molecule has 2 aromatic carbocycles. The Kier molecular flexibility index (Phi) is 7.90. The molecule has 39 heavy (non-hydrogen) atoms. The second-order valence-electron chi connectivity index (χ2n) is 10.4. The molecule has 0 spiro atoms. The molecule has 1 amide bonds. The Morgan fingerprint density at radius 1 is 1.08 bits per heavy atom. The normalized spacial score (nSPS) is 18.5. The van der Waals surface area contributed by atoms with Gasteiger partial charge in [-0.3, -0.25) is 4.79 Å². The van der Waals surface area contributed by atoms with Crippen molar-refractivity contribution in [3.63, 3.8) is 0 Å². The number of fused-ring (bicyclic) bond motifs is 3. The Balaban J connectivity index is 1.39. The maximum Gasteiger partial charge on any atom is 0.326 e. The number of carboxylic acid groups (broad SMARTS) is 1. The van der Waals surface area contributed by atoms with Crippen LogP contribution >= 0.6 is 0 Å². The number of likely N-dealkylation sites (N-methyl/N-ethyl adjacent to an activating group) is 1. The summed E-state index contributed by atoms with van der Waals surface area (Å²) in [5, 5.41) is 21.0. The van der Waals surface area contributed by atoms with Crippen LogP contribution in [0.1, 0.15) is 23.2 Å². The number of piperazine rings is 1. The van der Waals surface area contributed by atoms with Crippen LogP contribution in [0.5, 0.6) is 11.5 Å². The number of ether oxygens (including phenoxy) is 1. The van der Waals surface area contributed by atoms with Crippen LogP contribution in [0.3, 0.4) is 0 Å². The summed E-state index contributed by atoms with van der Waals surface area (Å²) in [4.78, 5) is 32.0. The van der Waals surface area contributed by atoms with Gasteiger partial charge in [0.2, 0.25) is 5.91 Å². The summed E-state index contributed by atoms with van der Waals surface area (Å²) in [5.74, 6) is -1.07. The van der Waals surface area contributed by atoms with E-state index in [9.17, 15) is 19.8 Å². The molecule has 9 heteroatoms. The molecule has 9 nitrogen and oxygen atoms in total. The number of rotatable bonds is 8. The molecule has 0 aliphatic carbocycles. The van der Waals surface area contributed by atoms with E-state index in [0.29, 0.717) is 11.3 Å². The van der Waals surface area contributed by atoms with E-state index in [1.165, 1.54) is 24.2 Å². The molecular formula is C30H36N4O5. The number of aryl methyl sites for hydroxylation is 1. The second-order valence-corrected chi connectivity index (χ2v) is 10.4. The van der Waals surface area contributed by atoms with Crippen LogP contribution in [0, 0.1) is 0 Å². The molecule has 206 valence electrons. The fourth-order valence-corrected chi connectivity index (χ4v) is 5.70. The Bertz CT molecular complexity index is 1390. The summed E-state index contributed by atoms with van der Waals surface area (Å²) in [7, 11) is 3.62. The van der Waals surface area contributed by atoms with Gasteiger partial charge in [-0.05, 0) is 55.4 Å². The fourth-order valence-electron chi connectivity index (χ4n) is 5.70. The average Bonchev–Trinajstić information content (AvgIpc) is 3.25. The average molecular weight is 533 g/mol. The molecule has 2 aliphatic heterocycles. The zero-order valence-electron chi connectivity index (χ0n) is 22.5. The number of phenols is 1. The number of amides is 1. The summed E-state index contributed by atoms with van der Waals surface area (Å²) in [6, 6.07) is 12.0. The Morgan fingerprint density at radius 3 is 2.59 bits per heavy atom. The van der Waals surface area contributed by atoms with E-state index < -0.39 is 12.0 Å². The van der Waals surface area contributed by atoms with Crippen LogP contribution in [-0.4, -0.2) is 94.3 Å². The van der Waals surface area contributed by atoms with E-state index in [0.717, 1.165) is 67.8 Å². The highest BCUT2D eigenvalue weighted by atomic mass is 16.5. The number of carbonyl (C=O) groups is 2. The first kappa shape index (κ1) is 26.8. The van der Waals surface area contributed by atoms with Crippen LogP contribution < -0.4 is 4.74 Å². The molecule has 1 atom stereocenters. The third-order valence-corrected chi connectivity index (χ3v) is 7.93. The van der Waals surface area contributed by atoms with Crippen molar-refractivity contribution in [2.75, 3.05) is 46.9 Å². The van der Waals surface area contributed by atoms with Crippen LogP contribution in [0.4, 0.5) is 0 Å². The SMILES string of the molecule is COc1cc(/C=C\C(=O)N2Cc3c(c4ccccc4n3CCCN3CCN(C)CC3)C[C@H]2C(=O)O)ccc1O. The second kappa shape index (κ2) is 11.5. The zero-order valence-corrected chi connectivity index (χ0v) is 22.5. The summed E-state index contributed by atoms with van der Waals surface area (Å²) in [6.07, 6.45) is 4.26. The third kappa shape index (κ3) is 5.65. The van der Waals surface area contributed by atoms with E-state index >= 15 is 0 Å². The lowest BCUT2D eigenvalue weighted by Gasteiger charge is -2.34. The summed E-state index contributed by atoms with van der Waals surface area (Å²) >= 11 is 0. The van der Waals surface area contributed by atoms with Gasteiger partial charge in [-0.15, -0.1) is 0 Å². The number of hydrogen-bond donors (Lipinski definition) is 2. The van der Waals surface area contributed by atoms with E-state index in [2.05, 4.69) is 33.5 Å². The van der Waals surface area contributed by atoms with Crippen molar-refractivity contribution in [3.8, 4) is 11.5 Å². The number of para-hydroxylation sites is 1. The van der Waals surface area contributed by atoms with Crippen LogP contribution in [-0.2, 0) is 29.1 Å². The predicted molar refractivity (Wildman–Crippen MR) is 150 cm³/mol. The van der Waals surface area contributed by atoms with Gasteiger partial charge < -0.3 is 34.2 Å². The molecule has 3 heterocycles. The first-order chi connectivity index (χ1) is 18.9. The molecule has 0 bridgehead atoms. The number of methoxy groups -OCH3 is 1. The van der Waals surface area contributed by atoms with Gasteiger partial charge in [0.15, 0.2) is 11.5 Å². The fraction of sp³-hybridized carbons (Fsp3) is 0.400. The molecule has 3 aromatic rings. The lowest BCUT2D eigenvalue weighted by Crippen LogP contribution is -2.48. The molecule has 2 N–H and O–H groups in total. The van der Waals surface area contributed by atoms with Crippen molar-refractivity contribution < 1.29 is 24.5 Å². The van der Waals surface area contributed by atoms with Crippen molar-refractivity contribution in [1.29, 1.82) is 0 Å². The van der Waals surface area contributed by atoms with Gasteiger partial charge in [0, 0.05) is 61.8 Å². The van der Waals surface area contributed by atoms with E-state index in [1.807, 2.05) is 12.1 Å². The molecule has 2 aliphatic rings. The lowest BCUT2D eigenvalue weighted by molar-refractivity contribution is -0.149.